The molecule has 4 nitrogen and oxygen atoms in total. The molecular weight excluding hydrogens is 359 g/mol. The van der Waals surface area contributed by atoms with Crippen LogP contribution in [0.25, 0.3) is 0 Å². The summed E-state index contributed by atoms with van der Waals surface area (Å²) in [5.74, 6) is -0.964. The van der Waals surface area contributed by atoms with Gasteiger partial charge in [0.25, 0.3) is 0 Å². The van der Waals surface area contributed by atoms with Gasteiger partial charge in [0.05, 0.1) is 11.1 Å². The number of alkyl halides is 3. The standard InChI is InChI=1S/C17H14F3NO2.C2H6.CH4O/c18-17(19,20)14-4-1-11(2-5-14)10-21-8-7-12-9-13(16(22)23)3-6-15(12)21;2*1-2/h1-6,9H,7-8,10H2,(H,22,23);1-2H3;2H,1H3. The third-order valence-corrected chi connectivity index (χ3v) is 3.97. The molecule has 3 rings (SSSR count). The second-order valence-electron chi connectivity index (χ2n) is 5.51. The Morgan fingerprint density at radius 2 is 1.67 bits per heavy atom. The molecule has 1 aliphatic heterocycles. The minimum Gasteiger partial charge on any atom is -0.478 e. The monoisotopic (exact) mass is 383 g/mol. The van der Waals surface area contributed by atoms with E-state index >= 15 is 0 Å². The van der Waals surface area contributed by atoms with Gasteiger partial charge in [0.1, 0.15) is 0 Å². The van der Waals surface area contributed by atoms with Crippen molar-refractivity contribution in [1.29, 1.82) is 0 Å². The lowest BCUT2D eigenvalue weighted by Crippen LogP contribution is -2.19. The largest absolute Gasteiger partial charge is 0.478 e. The maximum Gasteiger partial charge on any atom is 0.416 e. The first-order chi connectivity index (χ1) is 12.8. The molecule has 0 bridgehead atoms. The fraction of sp³-hybridized carbons (Fsp3) is 0.350. The molecule has 0 aromatic heterocycles. The summed E-state index contributed by atoms with van der Waals surface area (Å²) in [5, 5.41) is 16.0. The number of fused-ring (bicyclic) bond motifs is 1. The molecule has 0 fully saturated rings. The summed E-state index contributed by atoms with van der Waals surface area (Å²) in [6.45, 7) is 5.22. The van der Waals surface area contributed by atoms with Crippen LogP contribution in [0, 0.1) is 0 Å². The van der Waals surface area contributed by atoms with Crippen LogP contribution in [0.1, 0.15) is 40.9 Å². The molecule has 0 amide bonds. The van der Waals surface area contributed by atoms with E-state index in [1.54, 1.807) is 18.2 Å². The third-order valence-electron chi connectivity index (χ3n) is 3.97. The number of carbonyl (C=O) groups is 1. The lowest BCUT2D eigenvalue weighted by molar-refractivity contribution is -0.137. The van der Waals surface area contributed by atoms with Gasteiger partial charge in [-0.3, -0.25) is 0 Å². The summed E-state index contributed by atoms with van der Waals surface area (Å²) < 4.78 is 37.7. The maximum absolute atomic E-state index is 12.6. The van der Waals surface area contributed by atoms with Crippen LogP contribution in [-0.2, 0) is 19.1 Å². The summed E-state index contributed by atoms with van der Waals surface area (Å²) in [6.07, 6.45) is -3.59. The van der Waals surface area contributed by atoms with Gasteiger partial charge in [-0.15, -0.1) is 0 Å². The van der Waals surface area contributed by atoms with Gasteiger partial charge in [0.15, 0.2) is 0 Å². The molecule has 0 saturated heterocycles. The number of aliphatic hydroxyl groups excluding tert-OH is 1. The second kappa shape index (κ2) is 9.97. The van der Waals surface area contributed by atoms with E-state index in [1.165, 1.54) is 12.1 Å². The first-order valence-corrected chi connectivity index (χ1v) is 8.56. The van der Waals surface area contributed by atoms with E-state index in [9.17, 15) is 18.0 Å². The van der Waals surface area contributed by atoms with Crippen molar-refractivity contribution < 1.29 is 28.2 Å². The molecule has 0 saturated carbocycles. The molecule has 1 heterocycles. The minimum atomic E-state index is -4.33. The average Bonchev–Trinajstić information content (AvgIpc) is 3.07. The normalized spacial score (nSPS) is 12.3. The summed E-state index contributed by atoms with van der Waals surface area (Å²) in [6, 6.07) is 10.1. The Hall–Kier alpha value is -2.54. The Balaban J connectivity index is 0.000000855. The molecule has 2 N–H and O–H groups in total. The number of rotatable bonds is 3. The van der Waals surface area contributed by atoms with Crippen LogP contribution in [0.5, 0.6) is 0 Å². The Bertz CT molecular complexity index is 743. The van der Waals surface area contributed by atoms with E-state index in [-0.39, 0.29) is 5.56 Å². The fourth-order valence-corrected chi connectivity index (χ4v) is 2.79. The van der Waals surface area contributed by atoms with Gasteiger partial charge in [0, 0.05) is 25.9 Å². The first-order valence-electron chi connectivity index (χ1n) is 8.56. The minimum absolute atomic E-state index is 0.250. The first kappa shape index (κ1) is 22.5. The smallest absolute Gasteiger partial charge is 0.416 e. The number of carboxylic acid groups (broad SMARTS) is 1. The Morgan fingerprint density at radius 1 is 1.07 bits per heavy atom. The number of benzene rings is 2. The fourth-order valence-electron chi connectivity index (χ4n) is 2.79. The van der Waals surface area contributed by atoms with Crippen LogP contribution in [0.2, 0.25) is 0 Å². The highest BCUT2D eigenvalue weighted by Crippen LogP contribution is 2.32. The number of halogens is 3. The molecule has 2 aromatic carbocycles. The lowest BCUT2D eigenvalue weighted by atomic mass is 10.1. The van der Waals surface area contributed by atoms with E-state index in [0.717, 1.165) is 49.0 Å². The number of carboxylic acids is 1. The molecule has 148 valence electrons. The van der Waals surface area contributed by atoms with Crippen molar-refractivity contribution in [2.24, 2.45) is 0 Å². The molecule has 1 aliphatic rings. The van der Waals surface area contributed by atoms with Crippen LogP contribution in [0.3, 0.4) is 0 Å². The summed E-state index contributed by atoms with van der Waals surface area (Å²) in [7, 11) is 1.00. The SMILES string of the molecule is CC.CO.O=C(O)c1ccc2c(c1)CCN2Cc1ccc(C(F)(F)F)cc1. The summed E-state index contributed by atoms with van der Waals surface area (Å²) in [5.41, 5.74) is 2.27. The predicted molar refractivity (Wildman–Crippen MR) is 99.1 cm³/mol. The quantitative estimate of drug-likeness (QED) is 0.813. The highest BCUT2D eigenvalue weighted by Gasteiger charge is 2.30. The summed E-state index contributed by atoms with van der Waals surface area (Å²) in [4.78, 5) is 13.0. The Kier molecular flexibility index (Phi) is 8.31. The lowest BCUT2D eigenvalue weighted by Gasteiger charge is -2.20. The van der Waals surface area contributed by atoms with Crippen molar-refractivity contribution in [2.75, 3.05) is 18.6 Å². The van der Waals surface area contributed by atoms with E-state index in [2.05, 4.69) is 0 Å². The average molecular weight is 383 g/mol. The van der Waals surface area contributed by atoms with Gasteiger partial charge < -0.3 is 15.1 Å². The van der Waals surface area contributed by atoms with E-state index in [4.69, 9.17) is 10.2 Å². The maximum atomic E-state index is 12.6. The molecule has 27 heavy (non-hydrogen) atoms. The van der Waals surface area contributed by atoms with Gasteiger partial charge in [-0.25, -0.2) is 4.79 Å². The van der Waals surface area contributed by atoms with Crippen LogP contribution in [0.15, 0.2) is 42.5 Å². The molecule has 0 aliphatic carbocycles. The molecule has 0 spiro atoms. The van der Waals surface area contributed by atoms with Crippen LogP contribution >= 0.6 is 0 Å². The highest BCUT2D eigenvalue weighted by atomic mass is 19.4. The predicted octanol–water partition coefficient (Wildman–Crippen LogP) is 4.60. The van der Waals surface area contributed by atoms with Crippen molar-refractivity contribution in [3.8, 4) is 0 Å². The van der Waals surface area contributed by atoms with Crippen molar-refractivity contribution >= 4 is 11.7 Å². The van der Waals surface area contributed by atoms with E-state index in [0.29, 0.717) is 6.54 Å². The van der Waals surface area contributed by atoms with Crippen molar-refractivity contribution in [1.82, 2.24) is 0 Å². The van der Waals surface area contributed by atoms with Crippen molar-refractivity contribution in [3.63, 3.8) is 0 Å². The van der Waals surface area contributed by atoms with E-state index in [1.807, 2.05) is 18.7 Å². The number of aromatic carboxylic acids is 1. The molecule has 0 atom stereocenters. The highest BCUT2D eigenvalue weighted by molar-refractivity contribution is 5.88. The zero-order valence-corrected chi connectivity index (χ0v) is 15.5. The van der Waals surface area contributed by atoms with Crippen LogP contribution < -0.4 is 4.90 Å². The van der Waals surface area contributed by atoms with Gasteiger partial charge in [-0.05, 0) is 47.9 Å². The topological polar surface area (TPSA) is 60.8 Å². The molecule has 0 radical (unpaired) electrons. The van der Waals surface area contributed by atoms with Crippen LogP contribution in [-0.4, -0.2) is 29.8 Å². The number of nitrogens with zero attached hydrogens (tertiary/aromatic N) is 1. The molecule has 0 unspecified atom stereocenters. The molecule has 7 heteroatoms. The molecule has 2 aromatic rings. The number of anilines is 1. The zero-order chi connectivity index (χ0) is 20.6. The van der Waals surface area contributed by atoms with Crippen molar-refractivity contribution in [2.45, 2.75) is 33.0 Å². The van der Waals surface area contributed by atoms with Gasteiger partial charge in [0.2, 0.25) is 0 Å². The van der Waals surface area contributed by atoms with Gasteiger partial charge >= 0.3 is 12.1 Å². The van der Waals surface area contributed by atoms with Crippen molar-refractivity contribution in [3.05, 3.63) is 64.7 Å². The van der Waals surface area contributed by atoms with Gasteiger partial charge in [-0.1, -0.05) is 26.0 Å². The Morgan fingerprint density at radius 3 is 2.19 bits per heavy atom. The van der Waals surface area contributed by atoms with Crippen LogP contribution in [0.4, 0.5) is 18.9 Å². The summed E-state index contributed by atoms with van der Waals surface area (Å²) >= 11 is 0. The third kappa shape index (κ3) is 5.72. The van der Waals surface area contributed by atoms with E-state index < -0.39 is 17.7 Å². The number of aliphatic hydroxyl groups is 1. The number of hydrogen-bond acceptors (Lipinski definition) is 3. The van der Waals surface area contributed by atoms with Gasteiger partial charge in [-0.2, -0.15) is 13.2 Å². The Labute approximate surface area is 156 Å². The number of hydrogen-bond donors (Lipinski definition) is 2. The molecular formula is C20H24F3NO3. The second-order valence-corrected chi connectivity index (χ2v) is 5.51. The zero-order valence-electron chi connectivity index (χ0n) is 15.5.